The van der Waals surface area contributed by atoms with Crippen LogP contribution in [0.1, 0.15) is 11.1 Å². The summed E-state index contributed by atoms with van der Waals surface area (Å²) in [6, 6.07) is 21.4. The molecule has 1 atom stereocenters. The highest BCUT2D eigenvalue weighted by Gasteiger charge is 2.17. The lowest BCUT2D eigenvalue weighted by atomic mass is 10.1. The summed E-state index contributed by atoms with van der Waals surface area (Å²) < 4.78 is 5.50. The molecular formula is C22H21NO3. The van der Waals surface area contributed by atoms with Crippen LogP contribution in [0, 0.1) is 0 Å². The highest BCUT2D eigenvalue weighted by molar-refractivity contribution is 5.78. The van der Waals surface area contributed by atoms with Crippen LogP contribution in [0.3, 0.4) is 0 Å². The van der Waals surface area contributed by atoms with E-state index in [9.17, 15) is 10.2 Å². The molecule has 0 fully saturated rings. The maximum atomic E-state index is 10.1. The molecule has 0 spiro atoms. The summed E-state index contributed by atoms with van der Waals surface area (Å²) in [4.78, 5) is 0. The van der Waals surface area contributed by atoms with Crippen molar-refractivity contribution in [2.75, 3.05) is 18.5 Å². The number of fused-ring (bicyclic) bond motifs is 3. The quantitative estimate of drug-likeness (QED) is 0.496. The molecule has 0 amide bonds. The molecular weight excluding hydrogens is 326 g/mol. The van der Waals surface area contributed by atoms with E-state index < -0.39 is 6.10 Å². The second-order valence-corrected chi connectivity index (χ2v) is 6.55. The maximum Gasteiger partial charge on any atom is 0.123 e. The molecule has 26 heavy (non-hydrogen) atoms. The van der Waals surface area contributed by atoms with Gasteiger partial charge in [-0.05, 0) is 52.9 Å². The molecule has 0 aromatic heterocycles. The van der Waals surface area contributed by atoms with Gasteiger partial charge in [-0.1, -0.05) is 36.4 Å². The van der Waals surface area contributed by atoms with Gasteiger partial charge in [-0.25, -0.2) is 0 Å². The first kappa shape index (κ1) is 16.5. The van der Waals surface area contributed by atoms with Crippen LogP contribution >= 0.6 is 0 Å². The molecule has 0 saturated carbocycles. The number of benzene rings is 3. The van der Waals surface area contributed by atoms with Crippen molar-refractivity contribution in [3.8, 4) is 22.6 Å². The molecule has 4 heteroatoms. The zero-order valence-corrected chi connectivity index (χ0v) is 14.4. The first-order valence-electron chi connectivity index (χ1n) is 8.74. The molecule has 0 radical (unpaired) electrons. The zero-order chi connectivity index (χ0) is 17.9. The second kappa shape index (κ2) is 7.10. The van der Waals surface area contributed by atoms with Gasteiger partial charge in [0.1, 0.15) is 24.2 Å². The van der Waals surface area contributed by atoms with Gasteiger partial charge < -0.3 is 20.3 Å². The fourth-order valence-corrected chi connectivity index (χ4v) is 3.32. The van der Waals surface area contributed by atoms with Gasteiger partial charge in [0.25, 0.3) is 0 Å². The standard InChI is InChI=1S/C22H21NO3/c24-18-5-3-6-20(12-18)26-14-19(25)13-23-17-8-9-22-16(11-17)10-15-4-1-2-7-21(15)22/h1-9,11-12,19,23-25H,10,13-14H2. The predicted molar refractivity (Wildman–Crippen MR) is 103 cm³/mol. The first-order valence-corrected chi connectivity index (χ1v) is 8.74. The number of anilines is 1. The number of aromatic hydroxyl groups is 1. The summed E-state index contributed by atoms with van der Waals surface area (Å²) in [5.74, 6) is 0.689. The lowest BCUT2D eigenvalue weighted by Gasteiger charge is -2.15. The number of aliphatic hydroxyl groups excluding tert-OH is 1. The Hall–Kier alpha value is -2.98. The molecule has 4 rings (SSSR count). The van der Waals surface area contributed by atoms with Gasteiger partial charge in [0.15, 0.2) is 0 Å². The lowest BCUT2D eigenvalue weighted by molar-refractivity contribution is 0.117. The van der Waals surface area contributed by atoms with Crippen LogP contribution in [-0.2, 0) is 6.42 Å². The summed E-state index contributed by atoms with van der Waals surface area (Å²) in [6.07, 6.45) is 0.298. The number of ether oxygens (including phenoxy) is 1. The van der Waals surface area contributed by atoms with Gasteiger partial charge in [-0.3, -0.25) is 0 Å². The van der Waals surface area contributed by atoms with Gasteiger partial charge in [-0.15, -0.1) is 0 Å². The topological polar surface area (TPSA) is 61.7 Å². The Balaban J connectivity index is 1.33. The van der Waals surface area contributed by atoms with Crippen molar-refractivity contribution >= 4 is 5.69 Å². The molecule has 132 valence electrons. The fourth-order valence-electron chi connectivity index (χ4n) is 3.32. The average molecular weight is 347 g/mol. The van der Waals surface area contributed by atoms with E-state index in [2.05, 4.69) is 41.7 Å². The predicted octanol–water partition coefficient (Wildman–Crippen LogP) is 3.82. The third kappa shape index (κ3) is 3.51. The minimum atomic E-state index is -0.650. The van der Waals surface area contributed by atoms with Crippen molar-refractivity contribution in [3.63, 3.8) is 0 Å². The van der Waals surface area contributed by atoms with E-state index in [0.29, 0.717) is 12.3 Å². The third-order valence-electron chi connectivity index (χ3n) is 4.60. The van der Waals surface area contributed by atoms with Gasteiger partial charge in [0.2, 0.25) is 0 Å². The molecule has 3 aromatic carbocycles. The molecule has 1 unspecified atom stereocenters. The number of phenols is 1. The van der Waals surface area contributed by atoms with Crippen molar-refractivity contribution in [1.82, 2.24) is 0 Å². The van der Waals surface area contributed by atoms with Crippen molar-refractivity contribution in [2.24, 2.45) is 0 Å². The Bertz CT molecular complexity index is 923. The number of hydrogen-bond donors (Lipinski definition) is 3. The summed E-state index contributed by atoms with van der Waals surface area (Å²) in [7, 11) is 0. The Morgan fingerprint density at radius 3 is 2.65 bits per heavy atom. The van der Waals surface area contributed by atoms with Gasteiger partial charge >= 0.3 is 0 Å². The van der Waals surface area contributed by atoms with E-state index in [1.54, 1.807) is 18.2 Å². The number of phenolic OH excluding ortho intramolecular Hbond substituents is 1. The molecule has 0 aliphatic heterocycles. The maximum absolute atomic E-state index is 10.1. The minimum absolute atomic E-state index is 0.147. The van der Waals surface area contributed by atoms with Gasteiger partial charge in [0.05, 0.1) is 0 Å². The molecule has 1 aliphatic rings. The number of rotatable bonds is 6. The number of hydrogen-bond acceptors (Lipinski definition) is 4. The minimum Gasteiger partial charge on any atom is -0.508 e. The van der Waals surface area contributed by atoms with Gasteiger partial charge in [0, 0.05) is 18.3 Å². The van der Waals surface area contributed by atoms with Crippen LogP contribution in [0.25, 0.3) is 11.1 Å². The second-order valence-electron chi connectivity index (χ2n) is 6.55. The monoisotopic (exact) mass is 347 g/mol. The Morgan fingerprint density at radius 2 is 1.77 bits per heavy atom. The molecule has 4 nitrogen and oxygen atoms in total. The van der Waals surface area contributed by atoms with Crippen LogP contribution in [-0.4, -0.2) is 29.5 Å². The highest BCUT2D eigenvalue weighted by atomic mass is 16.5. The molecule has 3 aromatic rings. The van der Waals surface area contributed by atoms with Gasteiger partial charge in [-0.2, -0.15) is 0 Å². The van der Waals surface area contributed by atoms with E-state index >= 15 is 0 Å². The summed E-state index contributed by atoms with van der Waals surface area (Å²) in [5, 5.41) is 22.8. The molecule has 0 saturated heterocycles. The number of nitrogens with one attached hydrogen (secondary N) is 1. The highest BCUT2D eigenvalue weighted by Crippen LogP contribution is 2.37. The van der Waals surface area contributed by atoms with Crippen molar-refractivity contribution < 1.29 is 14.9 Å². The van der Waals surface area contributed by atoms with Crippen LogP contribution in [0.15, 0.2) is 66.7 Å². The smallest absolute Gasteiger partial charge is 0.123 e. The number of aliphatic hydroxyl groups is 1. The summed E-state index contributed by atoms with van der Waals surface area (Å²) >= 11 is 0. The lowest BCUT2D eigenvalue weighted by Crippen LogP contribution is -2.26. The van der Waals surface area contributed by atoms with Crippen LogP contribution in [0.5, 0.6) is 11.5 Å². The molecule has 3 N–H and O–H groups in total. The average Bonchev–Trinajstić information content (AvgIpc) is 3.02. The van der Waals surface area contributed by atoms with Crippen LogP contribution < -0.4 is 10.1 Å². The van der Waals surface area contributed by atoms with Crippen LogP contribution in [0.2, 0.25) is 0 Å². The van der Waals surface area contributed by atoms with Crippen molar-refractivity contribution in [3.05, 3.63) is 77.9 Å². The van der Waals surface area contributed by atoms with Crippen LogP contribution in [0.4, 0.5) is 5.69 Å². The largest absolute Gasteiger partial charge is 0.508 e. The fraction of sp³-hybridized carbons (Fsp3) is 0.182. The molecule has 1 aliphatic carbocycles. The van der Waals surface area contributed by atoms with Crippen molar-refractivity contribution in [1.29, 1.82) is 0 Å². The third-order valence-corrected chi connectivity index (χ3v) is 4.60. The normalized spacial score (nSPS) is 13.0. The van der Waals surface area contributed by atoms with E-state index in [4.69, 9.17) is 4.74 Å². The summed E-state index contributed by atoms with van der Waals surface area (Å²) in [6.45, 7) is 0.553. The zero-order valence-electron chi connectivity index (χ0n) is 14.4. The Labute approximate surface area is 152 Å². The molecule has 0 bridgehead atoms. The van der Waals surface area contributed by atoms with E-state index in [1.165, 1.54) is 28.3 Å². The van der Waals surface area contributed by atoms with E-state index in [-0.39, 0.29) is 12.4 Å². The van der Waals surface area contributed by atoms with E-state index in [0.717, 1.165) is 12.1 Å². The SMILES string of the molecule is Oc1cccc(OCC(O)CNc2ccc3c(c2)Cc2ccccc2-3)c1. The summed E-state index contributed by atoms with van der Waals surface area (Å²) in [5.41, 5.74) is 6.27. The van der Waals surface area contributed by atoms with E-state index in [1.807, 2.05) is 6.07 Å². The Morgan fingerprint density at radius 1 is 0.923 bits per heavy atom. The molecule has 0 heterocycles. The first-order chi connectivity index (χ1) is 12.7. The Kier molecular flexibility index (Phi) is 4.50. The van der Waals surface area contributed by atoms with Crippen molar-refractivity contribution in [2.45, 2.75) is 12.5 Å².